The quantitative estimate of drug-likeness (QED) is 0.761. The minimum Gasteiger partial charge on any atom is -0.348 e. The lowest BCUT2D eigenvalue weighted by atomic mass is 10.1. The molecule has 5 nitrogen and oxygen atoms in total. The minimum absolute atomic E-state index is 0.235. The molecule has 0 atom stereocenters. The third-order valence-electron chi connectivity index (χ3n) is 3.31. The third kappa shape index (κ3) is 5.39. The summed E-state index contributed by atoms with van der Waals surface area (Å²) in [5, 5.41) is 8.16. The zero-order chi connectivity index (χ0) is 17.4. The Morgan fingerprint density at radius 2 is 1.62 bits per heavy atom. The van der Waals surface area contributed by atoms with E-state index in [1.165, 1.54) is 12.1 Å². The predicted octanol–water partition coefficient (Wildman–Crippen LogP) is 3.29. The van der Waals surface area contributed by atoms with Crippen LogP contribution in [0.2, 0.25) is 0 Å². The smallest absolute Gasteiger partial charge is 0.319 e. The molecule has 0 aliphatic heterocycles. The van der Waals surface area contributed by atoms with Gasteiger partial charge in [-0.3, -0.25) is 4.79 Å². The van der Waals surface area contributed by atoms with Crippen LogP contribution in [0.4, 0.5) is 14.9 Å². The predicted molar refractivity (Wildman–Crippen MR) is 91.3 cm³/mol. The second-order valence-corrected chi connectivity index (χ2v) is 5.27. The number of hydrogen-bond acceptors (Lipinski definition) is 2. The van der Waals surface area contributed by atoms with Crippen LogP contribution in [0.5, 0.6) is 0 Å². The number of rotatable bonds is 6. The van der Waals surface area contributed by atoms with E-state index in [4.69, 9.17) is 0 Å². The second-order valence-electron chi connectivity index (χ2n) is 5.27. The molecule has 0 aliphatic carbocycles. The number of halogens is 1. The van der Waals surface area contributed by atoms with Gasteiger partial charge < -0.3 is 16.0 Å². The van der Waals surface area contributed by atoms with Gasteiger partial charge in [-0.05, 0) is 48.4 Å². The van der Waals surface area contributed by atoms with E-state index in [2.05, 4.69) is 16.0 Å². The maximum absolute atomic E-state index is 12.8. The number of carbonyl (C=O) groups is 2. The van der Waals surface area contributed by atoms with Gasteiger partial charge in [0.15, 0.2) is 0 Å². The van der Waals surface area contributed by atoms with Crippen LogP contribution in [0.15, 0.2) is 48.5 Å². The van der Waals surface area contributed by atoms with Crippen LogP contribution in [0.25, 0.3) is 0 Å². The van der Waals surface area contributed by atoms with E-state index < -0.39 is 0 Å². The Hall–Kier alpha value is -2.89. The molecule has 0 aliphatic rings. The van der Waals surface area contributed by atoms with E-state index in [9.17, 15) is 14.0 Å². The van der Waals surface area contributed by atoms with Gasteiger partial charge in [0.25, 0.3) is 5.91 Å². The molecule has 0 heterocycles. The first kappa shape index (κ1) is 17.5. The highest BCUT2D eigenvalue weighted by Gasteiger charge is 2.06. The lowest BCUT2D eigenvalue weighted by molar-refractivity contribution is 0.0951. The third-order valence-corrected chi connectivity index (χ3v) is 3.31. The molecule has 126 valence electrons. The number of amides is 3. The van der Waals surface area contributed by atoms with Crippen LogP contribution in [-0.2, 0) is 6.54 Å². The molecule has 24 heavy (non-hydrogen) atoms. The molecule has 0 spiro atoms. The molecule has 2 aromatic rings. The van der Waals surface area contributed by atoms with Gasteiger partial charge in [-0.2, -0.15) is 0 Å². The Balaban J connectivity index is 1.86. The maximum Gasteiger partial charge on any atom is 0.319 e. The molecule has 2 aromatic carbocycles. The summed E-state index contributed by atoms with van der Waals surface area (Å²) in [4.78, 5) is 23.6. The molecule has 0 fully saturated rings. The minimum atomic E-state index is -0.309. The molecule has 0 unspecified atom stereocenters. The Morgan fingerprint density at radius 1 is 0.958 bits per heavy atom. The first-order valence-corrected chi connectivity index (χ1v) is 7.76. The maximum atomic E-state index is 12.8. The summed E-state index contributed by atoms with van der Waals surface area (Å²) in [6.07, 6.45) is 0.862. The Bertz CT molecular complexity index is 684. The van der Waals surface area contributed by atoms with Crippen molar-refractivity contribution in [1.29, 1.82) is 0 Å². The van der Waals surface area contributed by atoms with E-state index in [-0.39, 0.29) is 17.8 Å². The summed E-state index contributed by atoms with van der Waals surface area (Å²) in [6, 6.07) is 12.3. The number of benzene rings is 2. The molecule has 0 saturated carbocycles. The number of carbonyl (C=O) groups excluding carboxylic acids is 2. The van der Waals surface area contributed by atoms with E-state index in [1.807, 2.05) is 6.92 Å². The molecule has 0 bridgehead atoms. The van der Waals surface area contributed by atoms with Gasteiger partial charge in [0.1, 0.15) is 5.82 Å². The lowest BCUT2D eigenvalue weighted by Crippen LogP contribution is -2.29. The van der Waals surface area contributed by atoms with Crippen LogP contribution in [0.3, 0.4) is 0 Å². The summed E-state index contributed by atoms with van der Waals surface area (Å²) in [6.45, 7) is 2.90. The zero-order valence-electron chi connectivity index (χ0n) is 13.4. The fourth-order valence-electron chi connectivity index (χ4n) is 2.01. The molecule has 0 radical (unpaired) electrons. The highest BCUT2D eigenvalue weighted by molar-refractivity contribution is 5.95. The van der Waals surface area contributed by atoms with Crippen molar-refractivity contribution in [3.05, 3.63) is 65.5 Å². The summed E-state index contributed by atoms with van der Waals surface area (Å²) >= 11 is 0. The highest BCUT2D eigenvalue weighted by atomic mass is 19.1. The average molecular weight is 329 g/mol. The van der Waals surface area contributed by atoms with Crippen LogP contribution in [-0.4, -0.2) is 18.5 Å². The monoisotopic (exact) mass is 329 g/mol. The molecular weight excluding hydrogens is 309 g/mol. The van der Waals surface area contributed by atoms with Crippen LogP contribution < -0.4 is 16.0 Å². The second kappa shape index (κ2) is 8.67. The molecule has 3 N–H and O–H groups in total. The number of hydrogen-bond donors (Lipinski definition) is 3. The highest BCUT2D eigenvalue weighted by Crippen LogP contribution is 2.10. The summed E-state index contributed by atoms with van der Waals surface area (Å²) in [5.41, 5.74) is 1.91. The summed E-state index contributed by atoms with van der Waals surface area (Å²) < 4.78 is 12.8. The van der Waals surface area contributed by atoms with Crippen LogP contribution in [0.1, 0.15) is 29.3 Å². The van der Waals surface area contributed by atoms with Gasteiger partial charge in [0.05, 0.1) is 0 Å². The number of urea groups is 1. The van der Waals surface area contributed by atoms with Gasteiger partial charge in [-0.1, -0.05) is 19.1 Å². The lowest BCUT2D eigenvalue weighted by Gasteiger charge is -2.08. The summed E-state index contributed by atoms with van der Waals surface area (Å²) in [7, 11) is 0. The Kier molecular flexibility index (Phi) is 6.31. The molecule has 2 rings (SSSR count). The molecular formula is C18H20FN3O2. The first-order valence-electron chi connectivity index (χ1n) is 7.76. The van der Waals surface area contributed by atoms with Crippen molar-refractivity contribution in [1.82, 2.24) is 10.6 Å². The van der Waals surface area contributed by atoms with Crippen molar-refractivity contribution in [2.75, 3.05) is 11.9 Å². The van der Waals surface area contributed by atoms with Crippen molar-refractivity contribution >= 4 is 17.6 Å². The first-order chi connectivity index (χ1) is 11.6. The Labute approximate surface area is 140 Å². The van der Waals surface area contributed by atoms with Crippen molar-refractivity contribution in [3.8, 4) is 0 Å². The van der Waals surface area contributed by atoms with E-state index in [0.29, 0.717) is 24.3 Å². The topological polar surface area (TPSA) is 70.2 Å². The van der Waals surface area contributed by atoms with Crippen LogP contribution >= 0.6 is 0 Å². The number of anilines is 1. The fourth-order valence-corrected chi connectivity index (χ4v) is 2.01. The fraction of sp³-hybridized carbons (Fsp3) is 0.222. The van der Waals surface area contributed by atoms with Crippen LogP contribution in [0, 0.1) is 5.82 Å². The van der Waals surface area contributed by atoms with Crippen molar-refractivity contribution in [2.24, 2.45) is 0 Å². The number of nitrogens with one attached hydrogen (secondary N) is 3. The van der Waals surface area contributed by atoms with Crippen molar-refractivity contribution in [2.45, 2.75) is 19.9 Å². The summed E-state index contributed by atoms with van der Waals surface area (Å²) in [5.74, 6) is -0.544. The zero-order valence-corrected chi connectivity index (χ0v) is 13.4. The molecule has 3 amide bonds. The standard InChI is InChI=1S/C18H20FN3O2/c1-2-11-20-18(24)22-16-9-5-14(6-10-16)17(23)21-12-13-3-7-15(19)8-4-13/h3-10H,2,11-12H2,1H3,(H,21,23)(H2,20,22,24). The molecule has 0 saturated heterocycles. The average Bonchev–Trinajstić information content (AvgIpc) is 2.60. The van der Waals surface area contributed by atoms with Gasteiger partial charge in [-0.25, -0.2) is 9.18 Å². The van der Waals surface area contributed by atoms with Gasteiger partial charge in [0.2, 0.25) is 0 Å². The van der Waals surface area contributed by atoms with Gasteiger partial charge >= 0.3 is 6.03 Å². The van der Waals surface area contributed by atoms with E-state index in [1.54, 1.807) is 36.4 Å². The Morgan fingerprint density at radius 3 is 2.25 bits per heavy atom. The SMILES string of the molecule is CCCNC(=O)Nc1ccc(C(=O)NCc2ccc(F)cc2)cc1. The molecule has 6 heteroatoms. The van der Waals surface area contributed by atoms with Gasteiger partial charge in [0, 0.05) is 24.3 Å². The van der Waals surface area contributed by atoms with Gasteiger partial charge in [-0.15, -0.1) is 0 Å². The largest absolute Gasteiger partial charge is 0.348 e. The van der Waals surface area contributed by atoms with E-state index in [0.717, 1.165) is 12.0 Å². The normalized spacial score (nSPS) is 10.1. The van der Waals surface area contributed by atoms with Crippen molar-refractivity contribution < 1.29 is 14.0 Å². The van der Waals surface area contributed by atoms with Crippen molar-refractivity contribution in [3.63, 3.8) is 0 Å². The molecule has 0 aromatic heterocycles. The van der Waals surface area contributed by atoms with E-state index >= 15 is 0 Å².